The first-order chi connectivity index (χ1) is 8.26. The third-order valence-corrected chi connectivity index (χ3v) is 3.15. The Kier molecular flexibility index (Phi) is 3.64. The molecule has 0 saturated carbocycles. The highest BCUT2D eigenvalue weighted by Crippen LogP contribution is 2.25. The van der Waals surface area contributed by atoms with E-state index < -0.39 is 0 Å². The van der Waals surface area contributed by atoms with Crippen molar-refractivity contribution in [3.05, 3.63) is 59.0 Å². The van der Waals surface area contributed by atoms with Crippen molar-refractivity contribution in [2.45, 2.75) is 32.7 Å². The molecule has 2 heteroatoms. The van der Waals surface area contributed by atoms with Gasteiger partial charge in [-0.3, -0.25) is 0 Å². The predicted molar refractivity (Wildman–Crippen MR) is 69.9 cm³/mol. The topological polar surface area (TPSA) is 39.2 Å². The molecule has 0 saturated heterocycles. The van der Waals surface area contributed by atoms with Crippen LogP contribution in [0.2, 0.25) is 0 Å². The Morgan fingerprint density at radius 3 is 2.71 bits per heavy atom. The van der Waals surface area contributed by atoms with Crippen molar-refractivity contribution in [2.24, 2.45) is 5.73 Å². The van der Waals surface area contributed by atoms with Gasteiger partial charge in [-0.25, -0.2) is 0 Å². The zero-order valence-corrected chi connectivity index (χ0v) is 10.4. The molecule has 0 amide bonds. The van der Waals surface area contributed by atoms with Crippen LogP contribution < -0.4 is 5.73 Å². The fourth-order valence-corrected chi connectivity index (χ4v) is 2.10. The van der Waals surface area contributed by atoms with Crippen LogP contribution in [-0.4, -0.2) is 0 Å². The fraction of sp³-hybridized carbons (Fsp3) is 0.333. The van der Waals surface area contributed by atoms with Gasteiger partial charge in [-0.2, -0.15) is 0 Å². The maximum Gasteiger partial charge on any atom is 0.108 e. The molecule has 0 fully saturated rings. The molecular formula is C15H19NO. The molecular weight excluding hydrogens is 210 g/mol. The Morgan fingerprint density at radius 2 is 2.00 bits per heavy atom. The normalized spacial score (nSPS) is 12.6. The summed E-state index contributed by atoms with van der Waals surface area (Å²) in [4.78, 5) is 0. The van der Waals surface area contributed by atoms with Gasteiger partial charge in [-0.1, -0.05) is 38.1 Å². The van der Waals surface area contributed by atoms with E-state index in [1.165, 1.54) is 5.56 Å². The average molecular weight is 229 g/mol. The lowest BCUT2D eigenvalue weighted by Crippen LogP contribution is -2.12. The highest BCUT2D eigenvalue weighted by molar-refractivity contribution is 5.35. The average Bonchev–Trinajstić information content (AvgIpc) is 2.86. The first kappa shape index (κ1) is 11.9. The predicted octanol–water partition coefficient (Wildman–Crippen LogP) is 3.45. The largest absolute Gasteiger partial charge is 0.469 e. The molecule has 0 radical (unpaired) electrons. The summed E-state index contributed by atoms with van der Waals surface area (Å²) in [7, 11) is 0. The molecule has 2 nitrogen and oxygen atoms in total. The van der Waals surface area contributed by atoms with Crippen molar-refractivity contribution in [2.75, 3.05) is 0 Å². The minimum Gasteiger partial charge on any atom is -0.469 e. The van der Waals surface area contributed by atoms with E-state index >= 15 is 0 Å². The second-order valence-electron chi connectivity index (χ2n) is 4.23. The molecule has 1 heterocycles. The Bertz CT molecular complexity index is 487. The molecule has 1 atom stereocenters. The quantitative estimate of drug-likeness (QED) is 0.872. The maximum atomic E-state index is 6.30. The van der Waals surface area contributed by atoms with Crippen LogP contribution in [0, 0.1) is 0 Å². The second kappa shape index (κ2) is 5.19. The van der Waals surface area contributed by atoms with Crippen LogP contribution in [-0.2, 0) is 12.8 Å². The van der Waals surface area contributed by atoms with E-state index in [2.05, 4.69) is 38.1 Å². The van der Waals surface area contributed by atoms with Gasteiger partial charge in [0.1, 0.15) is 5.76 Å². The van der Waals surface area contributed by atoms with Crippen LogP contribution >= 0.6 is 0 Å². The highest BCUT2D eigenvalue weighted by Gasteiger charge is 2.14. The first-order valence-electron chi connectivity index (χ1n) is 6.17. The van der Waals surface area contributed by atoms with E-state index in [9.17, 15) is 0 Å². The molecule has 0 aliphatic heterocycles. The van der Waals surface area contributed by atoms with Crippen molar-refractivity contribution in [1.29, 1.82) is 0 Å². The summed E-state index contributed by atoms with van der Waals surface area (Å²) >= 11 is 0. The van der Waals surface area contributed by atoms with E-state index in [0.29, 0.717) is 0 Å². The van der Waals surface area contributed by atoms with Crippen molar-refractivity contribution in [1.82, 2.24) is 0 Å². The Morgan fingerprint density at radius 1 is 1.18 bits per heavy atom. The third kappa shape index (κ3) is 2.42. The van der Waals surface area contributed by atoms with E-state index in [-0.39, 0.29) is 6.04 Å². The zero-order chi connectivity index (χ0) is 12.3. The van der Waals surface area contributed by atoms with Gasteiger partial charge in [0.05, 0.1) is 12.3 Å². The van der Waals surface area contributed by atoms with Crippen LogP contribution in [0.25, 0.3) is 0 Å². The number of hydrogen-bond donors (Lipinski definition) is 1. The Balaban J connectivity index is 2.33. The van der Waals surface area contributed by atoms with E-state index in [1.54, 1.807) is 6.26 Å². The highest BCUT2D eigenvalue weighted by atomic mass is 16.3. The smallest absolute Gasteiger partial charge is 0.108 e. The third-order valence-electron chi connectivity index (χ3n) is 3.15. The molecule has 0 aliphatic rings. The number of furan rings is 1. The van der Waals surface area contributed by atoms with Crippen LogP contribution in [0.1, 0.15) is 42.3 Å². The van der Waals surface area contributed by atoms with Gasteiger partial charge in [0.2, 0.25) is 0 Å². The van der Waals surface area contributed by atoms with Crippen LogP contribution in [0.5, 0.6) is 0 Å². The number of nitrogens with two attached hydrogens (primary N) is 1. The van der Waals surface area contributed by atoms with Gasteiger partial charge >= 0.3 is 0 Å². The SMILES string of the molecule is CCc1cccc(C(N)c2ccoc2CC)c1. The fourth-order valence-electron chi connectivity index (χ4n) is 2.10. The van der Waals surface area contributed by atoms with Crippen LogP contribution in [0.15, 0.2) is 41.0 Å². The summed E-state index contributed by atoms with van der Waals surface area (Å²) in [5, 5.41) is 0. The zero-order valence-electron chi connectivity index (χ0n) is 10.4. The van der Waals surface area contributed by atoms with Gasteiger partial charge in [0.15, 0.2) is 0 Å². The van der Waals surface area contributed by atoms with Crippen molar-refractivity contribution < 1.29 is 4.42 Å². The number of hydrogen-bond acceptors (Lipinski definition) is 2. The Hall–Kier alpha value is -1.54. The minimum atomic E-state index is -0.0878. The summed E-state index contributed by atoms with van der Waals surface area (Å²) in [5.41, 5.74) is 9.87. The molecule has 1 unspecified atom stereocenters. The minimum absolute atomic E-state index is 0.0878. The molecule has 2 rings (SSSR count). The van der Waals surface area contributed by atoms with Gasteiger partial charge in [0, 0.05) is 12.0 Å². The molecule has 17 heavy (non-hydrogen) atoms. The molecule has 0 aliphatic carbocycles. The van der Waals surface area contributed by atoms with E-state index in [1.807, 2.05) is 6.07 Å². The maximum absolute atomic E-state index is 6.30. The van der Waals surface area contributed by atoms with Gasteiger partial charge in [-0.05, 0) is 23.6 Å². The molecule has 1 aromatic carbocycles. The standard InChI is InChI=1S/C15H19NO/c1-3-11-6-5-7-12(10-11)15(16)13-8-9-17-14(13)4-2/h5-10,15H,3-4,16H2,1-2H3. The van der Waals surface area contributed by atoms with Crippen molar-refractivity contribution in [3.63, 3.8) is 0 Å². The Labute approximate surface area is 102 Å². The van der Waals surface area contributed by atoms with Crippen molar-refractivity contribution >= 4 is 0 Å². The second-order valence-corrected chi connectivity index (χ2v) is 4.23. The molecule has 2 N–H and O–H groups in total. The summed E-state index contributed by atoms with van der Waals surface area (Å²) in [5.74, 6) is 0.986. The molecule has 1 aromatic heterocycles. The number of benzene rings is 1. The number of rotatable bonds is 4. The monoisotopic (exact) mass is 229 g/mol. The molecule has 90 valence electrons. The summed E-state index contributed by atoms with van der Waals surface area (Å²) in [6.07, 6.45) is 3.63. The lowest BCUT2D eigenvalue weighted by atomic mass is 9.97. The lowest BCUT2D eigenvalue weighted by molar-refractivity contribution is 0.509. The first-order valence-corrected chi connectivity index (χ1v) is 6.17. The van der Waals surface area contributed by atoms with Gasteiger partial charge in [-0.15, -0.1) is 0 Å². The van der Waals surface area contributed by atoms with Crippen LogP contribution in [0.4, 0.5) is 0 Å². The molecule has 2 aromatic rings. The van der Waals surface area contributed by atoms with E-state index in [0.717, 1.165) is 29.7 Å². The summed E-state index contributed by atoms with van der Waals surface area (Å²) in [6, 6.07) is 10.3. The molecule has 0 spiro atoms. The van der Waals surface area contributed by atoms with E-state index in [4.69, 9.17) is 10.2 Å². The lowest BCUT2D eigenvalue weighted by Gasteiger charge is -2.13. The summed E-state index contributed by atoms with van der Waals surface area (Å²) < 4.78 is 5.43. The van der Waals surface area contributed by atoms with Crippen LogP contribution in [0.3, 0.4) is 0 Å². The molecule has 0 bridgehead atoms. The van der Waals surface area contributed by atoms with Gasteiger partial charge < -0.3 is 10.2 Å². The van der Waals surface area contributed by atoms with Gasteiger partial charge in [0.25, 0.3) is 0 Å². The summed E-state index contributed by atoms with van der Waals surface area (Å²) in [6.45, 7) is 4.23. The van der Waals surface area contributed by atoms with Crippen molar-refractivity contribution in [3.8, 4) is 0 Å². The number of aryl methyl sites for hydroxylation is 2.